The lowest BCUT2D eigenvalue weighted by Crippen LogP contribution is -1.78. The highest BCUT2D eigenvalue weighted by molar-refractivity contribution is 7.61. The Bertz CT molecular complexity index is 95.1. The van der Waals surface area contributed by atoms with Crippen molar-refractivity contribution in [2.45, 2.75) is 0 Å². The number of rotatable bonds is 5. The molecule has 0 bridgehead atoms. The van der Waals surface area contributed by atoms with Gasteiger partial charge in [-0.15, -0.1) is 13.2 Å². The Hall–Kier alpha value is -0.350. The van der Waals surface area contributed by atoms with Gasteiger partial charge in [0.1, 0.15) is 0 Å². The first kappa shape index (κ1) is 8.65. The Balaban J connectivity index is 3.51. The Labute approximate surface area is 58.7 Å². The van der Waals surface area contributed by atoms with Crippen LogP contribution < -0.4 is 0 Å². The molecule has 0 saturated heterocycles. The van der Waals surface area contributed by atoms with Gasteiger partial charge in [0.15, 0.2) is 0 Å². The fraction of sp³-hybridized carbons (Fsp3) is 0.250. The molecule has 0 amide bonds. The second kappa shape index (κ2) is 5.78. The van der Waals surface area contributed by atoms with Gasteiger partial charge in [0.2, 0.25) is 0 Å². The van der Waals surface area contributed by atoms with Gasteiger partial charge in [0, 0.05) is 0 Å². The molecule has 0 rings (SSSR count). The largest absolute Gasteiger partial charge is 0.103 e. The predicted octanol–water partition coefficient (Wildman–Crippen LogP) is 2.98. The van der Waals surface area contributed by atoms with Crippen LogP contribution in [0.5, 0.6) is 0 Å². The Morgan fingerprint density at radius 3 is 1.67 bits per heavy atom. The minimum atomic E-state index is -0.0309. The van der Waals surface area contributed by atoms with Crippen molar-refractivity contribution < 1.29 is 0 Å². The lowest BCUT2D eigenvalue weighted by atomic mass is 10.8. The quantitative estimate of drug-likeness (QED) is 0.406. The maximum absolute atomic E-state index is 3.73. The molecular formula is C8H13P. The molecule has 0 aliphatic heterocycles. The molecule has 50 valence electrons. The van der Waals surface area contributed by atoms with Crippen LogP contribution in [0.25, 0.3) is 0 Å². The summed E-state index contributed by atoms with van der Waals surface area (Å²) in [5.74, 6) is 2.01. The van der Waals surface area contributed by atoms with Gasteiger partial charge >= 0.3 is 0 Å². The molecule has 0 unspecified atom stereocenters. The summed E-state index contributed by atoms with van der Waals surface area (Å²) >= 11 is 0. The third kappa shape index (κ3) is 4.17. The van der Waals surface area contributed by atoms with E-state index < -0.39 is 0 Å². The van der Waals surface area contributed by atoms with Crippen molar-refractivity contribution in [2.24, 2.45) is 0 Å². The van der Waals surface area contributed by atoms with Crippen LogP contribution in [0, 0.1) is 0 Å². The Morgan fingerprint density at radius 2 is 1.44 bits per heavy atom. The van der Waals surface area contributed by atoms with Crippen molar-refractivity contribution in [1.82, 2.24) is 0 Å². The zero-order chi connectivity index (χ0) is 7.11. The van der Waals surface area contributed by atoms with E-state index in [0.717, 1.165) is 12.3 Å². The summed E-state index contributed by atoms with van der Waals surface area (Å²) in [4.78, 5) is 0. The summed E-state index contributed by atoms with van der Waals surface area (Å²) in [6.45, 7) is 11.1. The van der Waals surface area contributed by atoms with E-state index in [2.05, 4.69) is 19.7 Å². The fourth-order valence-electron chi connectivity index (χ4n) is 0.555. The first-order valence-corrected chi connectivity index (χ1v) is 4.71. The molecular weight excluding hydrogens is 127 g/mol. The lowest BCUT2D eigenvalue weighted by molar-refractivity contribution is 1.68. The van der Waals surface area contributed by atoms with Crippen molar-refractivity contribution in [2.75, 3.05) is 12.3 Å². The van der Waals surface area contributed by atoms with Gasteiger partial charge in [0.25, 0.3) is 0 Å². The van der Waals surface area contributed by atoms with Gasteiger partial charge in [-0.2, -0.15) is 0 Å². The number of hydrogen-bond acceptors (Lipinski definition) is 0. The van der Waals surface area contributed by atoms with E-state index in [0.29, 0.717) is 0 Å². The van der Waals surface area contributed by atoms with Crippen LogP contribution in [0.15, 0.2) is 37.7 Å². The second-order valence-corrected chi connectivity index (χ2v) is 3.99. The summed E-state index contributed by atoms with van der Waals surface area (Å²) in [5, 5.41) is 0. The van der Waals surface area contributed by atoms with Crippen LogP contribution in [0.4, 0.5) is 0 Å². The lowest BCUT2D eigenvalue weighted by Gasteiger charge is -2.04. The van der Waals surface area contributed by atoms with Crippen molar-refractivity contribution in [1.29, 1.82) is 0 Å². The smallest absolute Gasteiger partial charge is 0.0110 e. The van der Waals surface area contributed by atoms with Crippen LogP contribution in [0.3, 0.4) is 0 Å². The minimum absolute atomic E-state index is 0.0309. The highest BCUT2D eigenvalue weighted by Gasteiger charge is 1.94. The fourth-order valence-corrected chi connectivity index (χ4v) is 1.67. The van der Waals surface area contributed by atoms with Crippen molar-refractivity contribution in [3.05, 3.63) is 37.7 Å². The molecule has 1 heteroatoms. The van der Waals surface area contributed by atoms with Gasteiger partial charge in [-0.05, 0) is 12.3 Å². The molecule has 0 atom stereocenters. The third-order valence-corrected chi connectivity index (χ3v) is 2.96. The van der Waals surface area contributed by atoms with E-state index >= 15 is 0 Å². The number of allylic oxidation sites excluding steroid dienone is 2. The Morgan fingerprint density at radius 1 is 1.00 bits per heavy atom. The monoisotopic (exact) mass is 140 g/mol. The van der Waals surface area contributed by atoms with E-state index in [9.17, 15) is 0 Å². The van der Waals surface area contributed by atoms with Gasteiger partial charge in [-0.3, -0.25) is 0 Å². The molecule has 0 aromatic carbocycles. The average Bonchev–Trinajstić information content (AvgIpc) is 1.88. The zero-order valence-electron chi connectivity index (χ0n) is 5.71. The highest BCUT2D eigenvalue weighted by Crippen LogP contribution is 2.35. The topological polar surface area (TPSA) is 0 Å². The van der Waals surface area contributed by atoms with E-state index in [-0.39, 0.29) is 7.92 Å². The zero-order valence-corrected chi connectivity index (χ0v) is 6.61. The molecule has 0 saturated carbocycles. The first-order valence-electron chi connectivity index (χ1n) is 2.93. The van der Waals surface area contributed by atoms with Crippen molar-refractivity contribution in [3.8, 4) is 0 Å². The summed E-state index contributed by atoms with van der Waals surface area (Å²) in [7, 11) is -0.0309. The second-order valence-electron chi connectivity index (χ2n) is 1.71. The average molecular weight is 140 g/mol. The van der Waals surface area contributed by atoms with Crippen LogP contribution in [-0.4, -0.2) is 12.3 Å². The minimum Gasteiger partial charge on any atom is -0.103 e. The van der Waals surface area contributed by atoms with Gasteiger partial charge < -0.3 is 0 Å². The molecule has 0 aliphatic carbocycles. The molecule has 0 heterocycles. The molecule has 0 nitrogen and oxygen atoms in total. The Kier molecular flexibility index (Phi) is 5.56. The van der Waals surface area contributed by atoms with Crippen molar-refractivity contribution >= 4 is 7.92 Å². The first-order chi connectivity index (χ1) is 4.35. The highest BCUT2D eigenvalue weighted by atomic mass is 31.1. The van der Waals surface area contributed by atoms with Crippen LogP contribution >= 0.6 is 7.92 Å². The van der Waals surface area contributed by atoms with E-state index in [1.165, 1.54) is 0 Å². The molecule has 0 aromatic heterocycles. The normalized spacial score (nSPS) is 9.00. The molecule has 9 heavy (non-hydrogen) atoms. The van der Waals surface area contributed by atoms with Gasteiger partial charge in [-0.25, -0.2) is 0 Å². The SMILES string of the molecule is C=CCP(C=C)CC=C. The molecule has 0 radical (unpaired) electrons. The van der Waals surface area contributed by atoms with E-state index in [1.807, 2.05) is 18.0 Å². The maximum atomic E-state index is 3.73. The molecule has 0 aromatic rings. The maximum Gasteiger partial charge on any atom is -0.0110 e. The number of hydrogen-bond donors (Lipinski definition) is 0. The molecule has 0 fully saturated rings. The summed E-state index contributed by atoms with van der Waals surface area (Å²) in [6, 6.07) is 0. The molecule has 0 spiro atoms. The summed E-state index contributed by atoms with van der Waals surface area (Å²) in [6.07, 6.45) is 6.03. The molecule has 0 N–H and O–H groups in total. The van der Waals surface area contributed by atoms with Crippen LogP contribution in [-0.2, 0) is 0 Å². The van der Waals surface area contributed by atoms with Gasteiger partial charge in [-0.1, -0.05) is 32.5 Å². The van der Waals surface area contributed by atoms with Crippen molar-refractivity contribution in [3.63, 3.8) is 0 Å². The summed E-state index contributed by atoms with van der Waals surface area (Å²) in [5.41, 5.74) is 0. The van der Waals surface area contributed by atoms with E-state index in [1.54, 1.807) is 0 Å². The molecule has 0 aliphatic rings. The van der Waals surface area contributed by atoms with E-state index in [4.69, 9.17) is 0 Å². The standard InChI is InChI=1S/C8H13P/c1-4-7-9(6-3)8-5-2/h4-6H,1-3,7-8H2. The van der Waals surface area contributed by atoms with Crippen LogP contribution in [0.2, 0.25) is 0 Å². The van der Waals surface area contributed by atoms with Gasteiger partial charge in [0.05, 0.1) is 0 Å². The van der Waals surface area contributed by atoms with Crippen LogP contribution in [0.1, 0.15) is 0 Å². The third-order valence-electron chi connectivity index (χ3n) is 0.985. The predicted molar refractivity (Wildman–Crippen MR) is 47.2 cm³/mol. The summed E-state index contributed by atoms with van der Waals surface area (Å²) < 4.78 is 0.